The van der Waals surface area contributed by atoms with E-state index in [0.29, 0.717) is 13.1 Å². The third kappa shape index (κ3) is 4.88. The molecule has 100 valence electrons. The van der Waals surface area contributed by atoms with E-state index < -0.39 is 0 Å². The first-order valence-corrected chi connectivity index (χ1v) is 6.50. The van der Waals surface area contributed by atoms with Crippen LogP contribution in [0.3, 0.4) is 0 Å². The number of hydrogen-bond acceptors (Lipinski definition) is 2. The second-order valence-electron chi connectivity index (χ2n) is 5.50. The van der Waals surface area contributed by atoms with Crippen molar-refractivity contribution in [2.45, 2.75) is 39.7 Å². The highest BCUT2D eigenvalue weighted by Crippen LogP contribution is 2.21. The summed E-state index contributed by atoms with van der Waals surface area (Å²) >= 11 is 0. The van der Waals surface area contributed by atoms with Crippen LogP contribution in [0.4, 0.5) is 0 Å². The van der Waals surface area contributed by atoms with Crippen molar-refractivity contribution >= 4 is 5.91 Å². The van der Waals surface area contributed by atoms with Crippen LogP contribution in [0, 0.1) is 0 Å². The van der Waals surface area contributed by atoms with Crippen molar-refractivity contribution in [1.82, 2.24) is 10.6 Å². The van der Waals surface area contributed by atoms with Crippen LogP contribution in [0.2, 0.25) is 0 Å². The highest BCUT2D eigenvalue weighted by molar-refractivity contribution is 5.77. The van der Waals surface area contributed by atoms with Crippen LogP contribution in [0.25, 0.3) is 0 Å². The number of amides is 1. The van der Waals surface area contributed by atoms with E-state index in [4.69, 9.17) is 0 Å². The van der Waals surface area contributed by atoms with Gasteiger partial charge in [0, 0.05) is 6.54 Å². The van der Waals surface area contributed by atoms with Gasteiger partial charge in [0.05, 0.1) is 6.54 Å². The Balaban J connectivity index is 2.47. The van der Waals surface area contributed by atoms with Crippen molar-refractivity contribution in [2.75, 3.05) is 13.1 Å². The zero-order valence-electron chi connectivity index (χ0n) is 11.8. The predicted octanol–water partition coefficient (Wildman–Crippen LogP) is 2.21. The SMILES string of the molecule is CCNCC(=O)NCc1ccc(C(C)(C)C)cc1. The lowest BCUT2D eigenvalue weighted by molar-refractivity contribution is -0.120. The zero-order valence-corrected chi connectivity index (χ0v) is 11.8. The van der Waals surface area contributed by atoms with Crippen molar-refractivity contribution < 1.29 is 4.79 Å². The fourth-order valence-electron chi connectivity index (χ4n) is 1.62. The van der Waals surface area contributed by atoms with Crippen molar-refractivity contribution in [1.29, 1.82) is 0 Å². The molecule has 0 aromatic heterocycles. The minimum atomic E-state index is 0.0387. The van der Waals surface area contributed by atoms with Gasteiger partial charge >= 0.3 is 0 Å². The normalized spacial score (nSPS) is 11.3. The predicted molar refractivity (Wildman–Crippen MR) is 75.5 cm³/mol. The molecule has 3 heteroatoms. The molecule has 1 aromatic carbocycles. The van der Waals surface area contributed by atoms with Crippen LogP contribution in [0.15, 0.2) is 24.3 Å². The fraction of sp³-hybridized carbons (Fsp3) is 0.533. The maximum atomic E-state index is 11.4. The quantitative estimate of drug-likeness (QED) is 0.839. The first-order valence-electron chi connectivity index (χ1n) is 6.50. The van der Waals surface area contributed by atoms with Crippen molar-refractivity contribution in [2.24, 2.45) is 0 Å². The monoisotopic (exact) mass is 248 g/mol. The molecule has 0 fully saturated rings. The smallest absolute Gasteiger partial charge is 0.234 e. The van der Waals surface area contributed by atoms with Crippen molar-refractivity contribution in [3.8, 4) is 0 Å². The minimum absolute atomic E-state index is 0.0387. The number of rotatable bonds is 5. The van der Waals surface area contributed by atoms with Gasteiger partial charge in [-0.15, -0.1) is 0 Å². The van der Waals surface area contributed by atoms with E-state index in [2.05, 4.69) is 55.7 Å². The molecule has 18 heavy (non-hydrogen) atoms. The van der Waals surface area contributed by atoms with Gasteiger partial charge < -0.3 is 10.6 Å². The summed E-state index contributed by atoms with van der Waals surface area (Å²) in [5.41, 5.74) is 2.62. The molecule has 0 bridgehead atoms. The molecule has 2 N–H and O–H groups in total. The number of hydrogen-bond donors (Lipinski definition) is 2. The number of benzene rings is 1. The lowest BCUT2D eigenvalue weighted by Gasteiger charge is -2.19. The highest BCUT2D eigenvalue weighted by Gasteiger charge is 2.12. The van der Waals surface area contributed by atoms with Gasteiger partial charge in [0.2, 0.25) is 5.91 Å². The molecule has 1 rings (SSSR count). The van der Waals surface area contributed by atoms with Gasteiger partial charge in [-0.05, 0) is 23.1 Å². The Morgan fingerprint density at radius 2 is 1.78 bits per heavy atom. The van der Waals surface area contributed by atoms with Gasteiger partial charge in [-0.1, -0.05) is 52.0 Å². The molecule has 3 nitrogen and oxygen atoms in total. The van der Waals surface area contributed by atoms with E-state index in [1.165, 1.54) is 5.56 Å². The summed E-state index contributed by atoms with van der Waals surface area (Å²) in [4.78, 5) is 11.4. The minimum Gasteiger partial charge on any atom is -0.351 e. The first-order chi connectivity index (χ1) is 8.43. The molecule has 0 aliphatic carbocycles. The van der Waals surface area contributed by atoms with Gasteiger partial charge in [-0.25, -0.2) is 0 Å². The van der Waals surface area contributed by atoms with Gasteiger partial charge in [0.25, 0.3) is 0 Å². The van der Waals surface area contributed by atoms with E-state index in [0.717, 1.165) is 12.1 Å². The number of carbonyl (C=O) groups is 1. The third-order valence-corrected chi connectivity index (χ3v) is 2.85. The largest absolute Gasteiger partial charge is 0.351 e. The molecule has 0 unspecified atom stereocenters. The van der Waals surface area contributed by atoms with Crippen LogP contribution in [0.1, 0.15) is 38.8 Å². The molecule has 0 saturated carbocycles. The number of nitrogens with one attached hydrogen (secondary N) is 2. The molecule has 0 aliphatic heterocycles. The molecule has 0 atom stereocenters. The Labute approximate surface area is 110 Å². The standard InChI is InChI=1S/C15H24N2O/c1-5-16-11-14(18)17-10-12-6-8-13(9-7-12)15(2,3)4/h6-9,16H,5,10-11H2,1-4H3,(H,17,18). The number of likely N-dealkylation sites (N-methyl/N-ethyl adjacent to an activating group) is 1. The molecule has 1 amide bonds. The van der Waals surface area contributed by atoms with Gasteiger partial charge in [0.15, 0.2) is 0 Å². The average Bonchev–Trinajstić information content (AvgIpc) is 2.33. The summed E-state index contributed by atoms with van der Waals surface area (Å²) in [6, 6.07) is 8.42. The summed E-state index contributed by atoms with van der Waals surface area (Å²) in [5.74, 6) is 0.0387. The molecular weight excluding hydrogens is 224 g/mol. The van der Waals surface area contributed by atoms with Crippen LogP contribution in [0.5, 0.6) is 0 Å². The van der Waals surface area contributed by atoms with Crippen LogP contribution >= 0.6 is 0 Å². The Morgan fingerprint density at radius 1 is 1.17 bits per heavy atom. The molecule has 1 aromatic rings. The molecule has 0 radical (unpaired) electrons. The Morgan fingerprint density at radius 3 is 2.28 bits per heavy atom. The van der Waals surface area contributed by atoms with E-state index >= 15 is 0 Å². The Kier molecular flexibility index (Phi) is 5.35. The molecule has 0 aliphatic rings. The summed E-state index contributed by atoms with van der Waals surface area (Å²) < 4.78 is 0. The summed E-state index contributed by atoms with van der Waals surface area (Å²) in [5, 5.41) is 5.89. The lowest BCUT2D eigenvalue weighted by atomic mass is 9.87. The fourth-order valence-corrected chi connectivity index (χ4v) is 1.62. The number of carbonyl (C=O) groups excluding carboxylic acids is 1. The van der Waals surface area contributed by atoms with Crippen molar-refractivity contribution in [3.63, 3.8) is 0 Å². The van der Waals surface area contributed by atoms with Crippen LogP contribution in [-0.2, 0) is 16.8 Å². The third-order valence-electron chi connectivity index (χ3n) is 2.85. The van der Waals surface area contributed by atoms with Crippen LogP contribution < -0.4 is 10.6 Å². The zero-order chi connectivity index (χ0) is 13.6. The first kappa shape index (κ1) is 14.7. The molecule has 0 saturated heterocycles. The summed E-state index contributed by atoms with van der Waals surface area (Å²) in [7, 11) is 0. The Bertz CT molecular complexity index is 376. The molecular formula is C15H24N2O. The van der Waals surface area contributed by atoms with Gasteiger partial charge in [0.1, 0.15) is 0 Å². The van der Waals surface area contributed by atoms with E-state index in [9.17, 15) is 4.79 Å². The summed E-state index contributed by atoms with van der Waals surface area (Å²) in [6.45, 7) is 10.4. The highest BCUT2D eigenvalue weighted by atomic mass is 16.1. The maximum absolute atomic E-state index is 11.4. The molecule has 0 spiro atoms. The van der Waals surface area contributed by atoms with E-state index in [-0.39, 0.29) is 11.3 Å². The van der Waals surface area contributed by atoms with E-state index in [1.54, 1.807) is 0 Å². The van der Waals surface area contributed by atoms with Crippen LogP contribution in [-0.4, -0.2) is 19.0 Å². The maximum Gasteiger partial charge on any atom is 0.234 e. The van der Waals surface area contributed by atoms with E-state index in [1.807, 2.05) is 6.92 Å². The Hall–Kier alpha value is -1.35. The summed E-state index contributed by atoms with van der Waals surface area (Å²) in [6.07, 6.45) is 0. The lowest BCUT2D eigenvalue weighted by Crippen LogP contribution is -2.33. The van der Waals surface area contributed by atoms with Crippen molar-refractivity contribution in [3.05, 3.63) is 35.4 Å². The average molecular weight is 248 g/mol. The molecule has 0 heterocycles. The van der Waals surface area contributed by atoms with Gasteiger partial charge in [-0.2, -0.15) is 0 Å². The topological polar surface area (TPSA) is 41.1 Å². The second kappa shape index (κ2) is 6.55. The second-order valence-corrected chi connectivity index (χ2v) is 5.50. The van der Waals surface area contributed by atoms with Gasteiger partial charge in [-0.3, -0.25) is 4.79 Å².